The SMILES string of the molecule is CCNC(=NCCS(=O)(=O)c1ccc(Br)cc1)N1CCC(COCC)C1.I. The van der Waals surface area contributed by atoms with Gasteiger partial charge in [-0.25, -0.2) is 8.42 Å². The molecule has 1 fully saturated rings. The standard InChI is InChI=1S/C18H28BrN3O3S.HI/c1-3-20-18(22-11-9-15(13-22)14-25-4-2)21-10-12-26(23,24)17-7-5-16(19)6-8-17;/h5-8,15H,3-4,9-14H2,1-2H3,(H,20,21);1H. The van der Waals surface area contributed by atoms with Crippen LogP contribution in [0, 0.1) is 5.92 Å². The van der Waals surface area contributed by atoms with Crippen molar-refractivity contribution in [2.45, 2.75) is 25.2 Å². The highest BCUT2D eigenvalue weighted by Gasteiger charge is 2.25. The van der Waals surface area contributed by atoms with Crippen molar-refractivity contribution in [3.63, 3.8) is 0 Å². The van der Waals surface area contributed by atoms with Gasteiger partial charge in [-0.2, -0.15) is 0 Å². The second-order valence-corrected chi connectivity index (χ2v) is 9.29. The van der Waals surface area contributed by atoms with E-state index in [2.05, 4.69) is 31.1 Å². The molecule has 1 saturated heterocycles. The summed E-state index contributed by atoms with van der Waals surface area (Å²) >= 11 is 3.32. The highest BCUT2D eigenvalue weighted by atomic mass is 127. The summed E-state index contributed by atoms with van der Waals surface area (Å²) in [6.45, 7) is 8.33. The molecule has 1 aliphatic heterocycles. The molecule has 0 radical (unpaired) electrons. The number of nitrogens with one attached hydrogen (secondary N) is 1. The number of ether oxygens (including phenoxy) is 1. The molecule has 1 heterocycles. The molecule has 1 aromatic rings. The third kappa shape index (κ3) is 7.86. The van der Waals surface area contributed by atoms with Gasteiger partial charge in [-0.3, -0.25) is 4.99 Å². The minimum Gasteiger partial charge on any atom is -0.381 e. The Bertz CT molecular complexity index is 698. The zero-order chi connectivity index (χ0) is 19.0. The third-order valence-corrected chi connectivity index (χ3v) is 6.51. The molecule has 2 rings (SSSR count). The quantitative estimate of drug-likeness (QED) is 0.294. The van der Waals surface area contributed by atoms with E-state index in [1.54, 1.807) is 24.3 Å². The highest BCUT2D eigenvalue weighted by molar-refractivity contribution is 14.0. The van der Waals surface area contributed by atoms with E-state index in [0.717, 1.165) is 49.7 Å². The van der Waals surface area contributed by atoms with E-state index in [1.807, 2.05) is 13.8 Å². The van der Waals surface area contributed by atoms with Gasteiger partial charge in [0.25, 0.3) is 0 Å². The summed E-state index contributed by atoms with van der Waals surface area (Å²) in [5, 5.41) is 3.27. The maximum atomic E-state index is 12.4. The van der Waals surface area contributed by atoms with Gasteiger partial charge >= 0.3 is 0 Å². The van der Waals surface area contributed by atoms with E-state index in [1.165, 1.54) is 0 Å². The molecule has 0 aromatic heterocycles. The second-order valence-electron chi connectivity index (χ2n) is 6.27. The van der Waals surface area contributed by atoms with Gasteiger partial charge in [0.2, 0.25) is 0 Å². The van der Waals surface area contributed by atoms with Crippen LogP contribution in [0.3, 0.4) is 0 Å². The van der Waals surface area contributed by atoms with E-state index in [0.29, 0.717) is 10.8 Å². The van der Waals surface area contributed by atoms with E-state index in [-0.39, 0.29) is 36.3 Å². The Labute approximate surface area is 188 Å². The lowest BCUT2D eigenvalue weighted by molar-refractivity contribution is 0.114. The molecule has 27 heavy (non-hydrogen) atoms. The number of halogens is 2. The molecule has 0 amide bonds. The maximum absolute atomic E-state index is 12.4. The largest absolute Gasteiger partial charge is 0.381 e. The molecule has 154 valence electrons. The fraction of sp³-hybridized carbons (Fsp3) is 0.611. The Morgan fingerprint density at radius 2 is 2.04 bits per heavy atom. The monoisotopic (exact) mass is 573 g/mol. The lowest BCUT2D eigenvalue weighted by Crippen LogP contribution is -2.40. The summed E-state index contributed by atoms with van der Waals surface area (Å²) in [5.74, 6) is 1.29. The van der Waals surface area contributed by atoms with E-state index in [4.69, 9.17) is 4.74 Å². The molecular formula is C18H29BrIN3O3S. The van der Waals surface area contributed by atoms with Gasteiger partial charge in [0.1, 0.15) is 0 Å². The van der Waals surface area contributed by atoms with Crippen LogP contribution in [0.1, 0.15) is 20.3 Å². The van der Waals surface area contributed by atoms with Crippen molar-refractivity contribution in [1.82, 2.24) is 10.2 Å². The first-order valence-corrected chi connectivity index (χ1v) is 11.5. The van der Waals surface area contributed by atoms with Gasteiger partial charge in [-0.05, 0) is 44.5 Å². The number of sulfone groups is 1. The molecule has 0 saturated carbocycles. The summed E-state index contributed by atoms with van der Waals surface area (Å²) in [6, 6.07) is 6.71. The lowest BCUT2D eigenvalue weighted by atomic mass is 10.1. The molecule has 1 N–H and O–H groups in total. The molecule has 1 unspecified atom stereocenters. The van der Waals surface area contributed by atoms with Crippen LogP contribution in [0.25, 0.3) is 0 Å². The van der Waals surface area contributed by atoms with Crippen LogP contribution < -0.4 is 5.32 Å². The van der Waals surface area contributed by atoms with E-state index >= 15 is 0 Å². The third-order valence-electron chi connectivity index (χ3n) is 4.27. The van der Waals surface area contributed by atoms with Crippen LogP contribution in [0.15, 0.2) is 38.6 Å². The van der Waals surface area contributed by atoms with Gasteiger partial charge in [0, 0.05) is 36.6 Å². The zero-order valence-electron chi connectivity index (χ0n) is 15.9. The van der Waals surface area contributed by atoms with Crippen LogP contribution >= 0.6 is 39.9 Å². The fourth-order valence-electron chi connectivity index (χ4n) is 2.90. The van der Waals surface area contributed by atoms with E-state index in [9.17, 15) is 8.42 Å². The van der Waals surface area contributed by atoms with Gasteiger partial charge in [0.15, 0.2) is 15.8 Å². The Morgan fingerprint density at radius 1 is 1.33 bits per heavy atom. The average Bonchev–Trinajstić information content (AvgIpc) is 3.08. The fourth-order valence-corrected chi connectivity index (χ4v) is 4.29. The van der Waals surface area contributed by atoms with Gasteiger partial charge < -0.3 is 15.0 Å². The first kappa shape index (κ1) is 24.6. The predicted octanol–water partition coefficient (Wildman–Crippen LogP) is 3.16. The minimum atomic E-state index is -3.33. The first-order valence-electron chi connectivity index (χ1n) is 9.05. The predicted molar refractivity (Wildman–Crippen MR) is 124 cm³/mol. The zero-order valence-corrected chi connectivity index (χ0v) is 20.6. The average molecular weight is 574 g/mol. The lowest BCUT2D eigenvalue weighted by Gasteiger charge is -2.21. The Balaban J connectivity index is 0.00000364. The van der Waals surface area contributed by atoms with Crippen LogP contribution in [0.5, 0.6) is 0 Å². The molecule has 0 aliphatic carbocycles. The van der Waals surface area contributed by atoms with Crippen molar-refractivity contribution in [3.05, 3.63) is 28.7 Å². The summed E-state index contributed by atoms with van der Waals surface area (Å²) in [5.41, 5.74) is 0. The van der Waals surface area contributed by atoms with Crippen LogP contribution in [0.4, 0.5) is 0 Å². The molecule has 1 atom stereocenters. The number of rotatable bonds is 8. The number of guanidine groups is 1. The number of hydrogen-bond acceptors (Lipinski definition) is 4. The highest BCUT2D eigenvalue weighted by Crippen LogP contribution is 2.18. The number of nitrogens with zero attached hydrogens (tertiary/aromatic N) is 2. The normalized spacial score (nSPS) is 17.7. The summed E-state index contributed by atoms with van der Waals surface area (Å²) in [7, 11) is -3.33. The van der Waals surface area contributed by atoms with Crippen LogP contribution in [-0.4, -0.2) is 64.4 Å². The summed E-state index contributed by atoms with van der Waals surface area (Å²) in [6.07, 6.45) is 1.07. The smallest absolute Gasteiger partial charge is 0.193 e. The minimum absolute atomic E-state index is 0. The van der Waals surface area contributed by atoms with Crippen LogP contribution in [0.2, 0.25) is 0 Å². The van der Waals surface area contributed by atoms with Crippen LogP contribution in [-0.2, 0) is 14.6 Å². The van der Waals surface area contributed by atoms with Crippen molar-refractivity contribution in [1.29, 1.82) is 0 Å². The number of benzene rings is 1. The molecular weight excluding hydrogens is 545 g/mol. The maximum Gasteiger partial charge on any atom is 0.193 e. The van der Waals surface area contributed by atoms with Gasteiger partial charge in [0.05, 0.1) is 23.8 Å². The van der Waals surface area contributed by atoms with Crippen molar-refractivity contribution >= 4 is 55.7 Å². The van der Waals surface area contributed by atoms with Crippen molar-refractivity contribution in [3.8, 4) is 0 Å². The second kappa shape index (κ2) is 12.2. The molecule has 6 nitrogen and oxygen atoms in total. The number of hydrogen-bond donors (Lipinski definition) is 1. The van der Waals surface area contributed by atoms with E-state index < -0.39 is 9.84 Å². The molecule has 0 spiro atoms. The molecule has 1 aliphatic rings. The molecule has 0 bridgehead atoms. The number of likely N-dealkylation sites (tertiary alicyclic amines) is 1. The Kier molecular flexibility index (Phi) is 11.2. The summed E-state index contributed by atoms with van der Waals surface area (Å²) < 4.78 is 31.3. The number of aliphatic imine (C=N–C) groups is 1. The van der Waals surface area contributed by atoms with Crippen molar-refractivity contribution in [2.24, 2.45) is 10.9 Å². The van der Waals surface area contributed by atoms with Gasteiger partial charge in [-0.1, -0.05) is 15.9 Å². The first-order chi connectivity index (χ1) is 12.5. The van der Waals surface area contributed by atoms with Crippen molar-refractivity contribution in [2.75, 3.05) is 45.1 Å². The van der Waals surface area contributed by atoms with Crippen molar-refractivity contribution < 1.29 is 13.2 Å². The molecule has 9 heteroatoms. The Morgan fingerprint density at radius 3 is 2.67 bits per heavy atom. The Hall–Kier alpha value is -0.390. The molecule has 1 aromatic carbocycles. The topological polar surface area (TPSA) is 71.0 Å². The summed E-state index contributed by atoms with van der Waals surface area (Å²) in [4.78, 5) is 7.07. The van der Waals surface area contributed by atoms with Gasteiger partial charge in [-0.15, -0.1) is 24.0 Å².